The number of piperidine rings is 1. The molecular weight excluding hydrogens is 206 g/mol. The molecule has 1 aliphatic carbocycles. The molecule has 0 aromatic carbocycles. The van der Waals surface area contributed by atoms with E-state index in [1.54, 1.807) is 0 Å². The van der Waals surface area contributed by atoms with Crippen molar-refractivity contribution in [1.82, 2.24) is 4.90 Å². The summed E-state index contributed by atoms with van der Waals surface area (Å²) in [7, 11) is 0. The third-order valence-electron chi connectivity index (χ3n) is 3.93. The molecule has 1 heterocycles. The molecule has 1 amide bonds. The molecular formula is C12H19NO3. The van der Waals surface area contributed by atoms with Crippen LogP contribution in [0.1, 0.15) is 33.6 Å². The predicted octanol–water partition coefficient (Wildman–Crippen LogP) is 1.99. The first kappa shape index (κ1) is 11.4. The molecule has 2 rings (SSSR count). The second kappa shape index (κ2) is 3.22. The number of carboxylic acid groups (broad SMARTS) is 1. The minimum absolute atomic E-state index is 0.0496. The van der Waals surface area contributed by atoms with E-state index in [4.69, 9.17) is 5.11 Å². The molecule has 2 atom stereocenters. The van der Waals surface area contributed by atoms with Crippen LogP contribution in [0.2, 0.25) is 0 Å². The van der Waals surface area contributed by atoms with Gasteiger partial charge in [0, 0.05) is 13.0 Å². The molecule has 0 bridgehead atoms. The van der Waals surface area contributed by atoms with Gasteiger partial charge in [0.05, 0.1) is 6.54 Å². The number of Topliss-reactive ketones (excluding diaryl/α,β-unsaturated/α-hetero) is 1. The molecule has 2 fully saturated rings. The normalized spacial score (nSPS) is 34.3. The zero-order valence-corrected chi connectivity index (χ0v) is 10.1. The lowest BCUT2D eigenvalue weighted by atomic mass is 9.81. The van der Waals surface area contributed by atoms with E-state index in [0.717, 1.165) is 6.42 Å². The summed E-state index contributed by atoms with van der Waals surface area (Å²) in [5.74, 6) is 0.548. The number of carbonyl (C=O) groups is 2. The van der Waals surface area contributed by atoms with Crippen molar-refractivity contribution in [1.29, 1.82) is 0 Å². The molecule has 1 saturated heterocycles. The van der Waals surface area contributed by atoms with Crippen molar-refractivity contribution in [2.24, 2.45) is 16.7 Å². The molecule has 16 heavy (non-hydrogen) atoms. The summed E-state index contributed by atoms with van der Waals surface area (Å²) in [5, 5.41) is 8.98. The van der Waals surface area contributed by atoms with Crippen molar-refractivity contribution >= 4 is 11.9 Å². The first-order chi connectivity index (χ1) is 7.24. The fourth-order valence-corrected chi connectivity index (χ4v) is 3.23. The summed E-state index contributed by atoms with van der Waals surface area (Å²) in [6.07, 6.45) is 0.594. The zero-order chi connectivity index (χ0) is 12.1. The lowest BCUT2D eigenvalue weighted by Crippen LogP contribution is -2.46. The molecule has 2 unspecified atom stereocenters. The monoisotopic (exact) mass is 225 g/mol. The molecule has 1 N–H and O–H groups in total. The Bertz CT molecular complexity index is 345. The van der Waals surface area contributed by atoms with Gasteiger partial charge >= 0.3 is 6.09 Å². The number of hydrogen-bond acceptors (Lipinski definition) is 2. The Morgan fingerprint density at radius 2 is 2.12 bits per heavy atom. The predicted molar refractivity (Wildman–Crippen MR) is 59.2 cm³/mol. The summed E-state index contributed by atoms with van der Waals surface area (Å²) in [5.41, 5.74) is 0.119. The zero-order valence-electron chi connectivity index (χ0n) is 10.1. The number of ketones is 1. The molecule has 1 spiro atoms. The quantitative estimate of drug-likeness (QED) is 0.686. The lowest BCUT2D eigenvalue weighted by Gasteiger charge is -2.33. The Kier molecular flexibility index (Phi) is 2.30. The molecule has 1 saturated carbocycles. The average molecular weight is 225 g/mol. The second-order valence-electron chi connectivity index (χ2n) is 6.34. The summed E-state index contributed by atoms with van der Waals surface area (Å²) in [6, 6.07) is 0. The number of hydrogen-bond donors (Lipinski definition) is 1. The van der Waals surface area contributed by atoms with Gasteiger partial charge in [-0.25, -0.2) is 4.79 Å². The maximum absolute atomic E-state index is 11.6. The first-order valence-electron chi connectivity index (χ1n) is 5.74. The standard InChI is InChI=1S/C12H19NO3/c1-11(2,3)9-5-12(9)4-8(14)6-13(7-12)10(15)16/h9H,4-7H2,1-3H3,(H,15,16). The van der Waals surface area contributed by atoms with Crippen molar-refractivity contribution in [3.63, 3.8) is 0 Å². The fourth-order valence-electron chi connectivity index (χ4n) is 3.23. The van der Waals surface area contributed by atoms with Gasteiger partial charge < -0.3 is 10.0 Å². The number of nitrogens with zero attached hydrogens (tertiary/aromatic N) is 1. The van der Waals surface area contributed by atoms with Crippen molar-refractivity contribution in [3.05, 3.63) is 0 Å². The van der Waals surface area contributed by atoms with E-state index in [1.165, 1.54) is 4.90 Å². The van der Waals surface area contributed by atoms with Gasteiger partial charge in [0.1, 0.15) is 0 Å². The Morgan fingerprint density at radius 1 is 1.50 bits per heavy atom. The molecule has 0 aromatic heterocycles. The minimum Gasteiger partial charge on any atom is -0.465 e. The highest BCUT2D eigenvalue weighted by atomic mass is 16.4. The van der Waals surface area contributed by atoms with Crippen LogP contribution in [0.25, 0.3) is 0 Å². The summed E-state index contributed by atoms with van der Waals surface area (Å²) < 4.78 is 0. The third kappa shape index (κ3) is 1.81. The van der Waals surface area contributed by atoms with Crippen molar-refractivity contribution in [2.75, 3.05) is 13.1 Å². The highest BCUT2D eigenvalue weighted by molar-refractivity contribution is 5.86. The Labute approximate surface area is 95.6 Å². The van der Waals surface area contributed by atoms with Crippen LogP contribution in [-0.4, -0.2) is 35.0 Å². The second-order valence-corrected chi connectivity index (χ2v) is 6.34. The third-order valence-corrected chi connectivity index (χ3v) is 3.93. The van der Waals surface area contributed by atoms with Crippen LogP contribution < -0.4 is 0 Å². The van der Waals surface area contributed by atoms with Gasteiger partial charge in [0.15, 0.2) is 5.78 Å². The topological polar surface area (TPSA) is 57.6 Å². The van der Waals surface area contributed by atoms with Crippen LogP contribution in [0.5, 0.6) is 0 Å². The lowest BCUT2D eigenvalue weighted by molar-refractivity contribution is -0.124. The van der Waals surface area contributed by atoms with Crippen LogP contribution in [-0.2, 0) is 4.79 Å². The van der Waals surface area contributed by atoms with E-state index in [9.17, 15) is 9.59 Å². The van der Waals surface area contributed by atoms with Gasteiger partial charge in [-0.05, 0) is 23.2 Å². The van der Waals surface area contributed by atoms with E-state index in [2.05, 4.69) is 20.8 Å². The molecule has 90 valence electrons. The van der Waals surface area contributed by atoms with Crippen molar-refractivity contribution < 1.29 is 14.7 Å². The van der Waals surface area contributed by atoms with Gasteiger partial charge in [-0.15, -0.1) is 0 Å². The fraction of sp³-hybridized carbons (Fsp3) is 0.833. The smallest absolute Gasteiger partial charge is 0.407 e. The van der Waals surface area contributed by atoms with Crippen LogP contribution >= 0.6 is 0 Å². The number of likely N-dealkylation sites (tertiary alicyclic amines) is 1. The van der Waals surface area contributed by atoms with Crippen LogP contribution in [0, 0.1) is 16.7 Å². The molecule has 4 heteroatoms. The van der Waals surface area contributed by atoms with E-state index in [-0.39, 0.29) is 23.2 Å². The Hall–Kier alpha value is -1.06. The average Bonchev–Trinajstić information content (AvgIpc) is 2.77. The molecule has 2 aliphatic rings. The number of amides is 1. The molecule has 0 aromatic rings. The van der Waals surface area contributed by atoms with Crippen LogP contribution in [0.15, 0.2) is 0 Å². The minimum atomic E-state index is -0.966. The summed E-state index contributed by atoms with van der Waals surface area (Å²) >= 11 is 0. The van der Waals surface area contributed by atoms with E-state index in [0.29, 0.717) is 18.9 Å². The summed E-state index contributed by atoms with van der Waals surface area (Å²) in [4.78, 5) is 23.8. The SMILES string of the molecule is CC(C)(C)C1CC12CC(=O)CN(C(=O)O)C2. The van der Waals surface area contributed by atoms with Crippen LogP contribution in [0.3, 0.4) is 0 Å². The maximum Gasteiger partial charge on any atom is 0.407 e. The first-order valence-corrected chi connectivity index (χ1v) is 5.74. The van der Waals surface area contributed by atoms with Crippen molar-refractivity contribution in [2.45, 2.75) is 33.6 Å². The van der Waals surface area contributed by atoms with Gasteiger partial charge in [0.25, 0.3) is 0 Å². The number of carbonyl (C=O) groups excluding carboxylic acids is 1. The van der Waals surface area contributed by atoms with Gasteiger partial charge in [-0.1, -0.05) is 20.8 Å². The highest BCUT2D eigenvalue weighted by Gasteiger charge is 2.61. The van der Waals surface area contributed by atoms with Gasteiger partial charge in [-0.2, -0.15) is 0 Å². The Morgan fingerprint density at radius 3 is 2.56 bits per heavy atom. The van der Waals surface area contributed by atoms with Gasteiger partial charge in [-0.3, -0.25) is 4.79 Å². The molecule has 4 nitrogen and oxygen atoms in total. The number of rotatable bonds is 0. The highest BCUT2D eigenvalue weighted by Crippen LogP contribution is 2.64. The van der Waals surface area contributed by atoms with E-state index in [1.807, 2.05) is 0 Å². The maximum atomic E-state index is 11.6. The Balaban J connectivity index is 2.13. The summed E-state index contributed by atoms with van der Waals surface area (Å²) in [6.45, 7) is 7.10. The largest absolute Gasteiger partial charge is 0.465 e. The molecule has 0 radical (unpaired) electrons. The van der Waals surface area contributed by atoms with Gasteiger partial charge in [0.2, 0.25) is 0 Å². The van der Waals surface area contributed by atoms with E-state index < -0.39 is 6.09 Å². The van der Waals surface area contributed by atoms with E-state index >= 15 is 0 Å². The van der Waals surface area contributed by atoms with Crippen LogP contribution in [0.4, 0.5) is 4.79 Å². The van der Waals surface area contributed by atoms with Crippen molar-refractivity contribution in [3.8, 4) is 0 Å². The molecule has 1 aliphatic heterocycles.